The van der Waals surface area contributed by atoms with E-state index in [2.05, 4.69) is 35.0 Å². The molecular formula is C16H18BrNO. The Labute approximate surface area is 122 Å². The molecule has 0 aliphatic heterocycles. The van der Waals surface area contributed by atoms with Gasteiger partial charge in [0.05, 0.1) is 12.6 Å². The summed E-state index contributed by atoms with van der Waals surface area (Å²) in [5.41, 5.74) is 9.72. The molecule has 19 heavy (non-hydrogen) atoms. The minimum Gasteiger partial charge on any atom is -0.494 e. The fourth-order valence-corrected chi connectivity index (χ4v) is 2.66. The normalized spacial score (nSPS) is 12.2. The van der Waals surface area contributed by atoms with Crippen molar-refractivity contribution in [1.82, 2.24) is 0 Å². The average molecular weight is 320 g/mol. The van der Waals surface area contributed by atoms with Crippen LogP contribution in [0.5, 0.6) is 5.75 Å². The Morgan fingerprint density at radius 1 is 1.16 bits per heavy atom. The first-order valence-electron chi connectivity index (χ1n) is 6.36. The molecule has 0 fully saturated rings. The van der Waals surface area contributed by atoms with Crippen molar-refractivity contribution in [2.75, 3.05) is 6.61 Å². The minimum atomic E-state index is -0.171. The van der Waals surface area contributed by atoms with Gasteiger partial charge in [-0.1, -0.05) is 40.2 Å². The summed E-state index contributed by atoms with van der Waals surface area (Å²) in [6, 6.07) is 13.9. The smallest absolute Gasteiger partial charge is 0.124 e. The van der Waals surface area contributed by atoms with E-state index >= 15 is 0 Å². The van der Waals surface area contributed by atoms with Crippen LogP contribution >= 0.6 is 15.9 Å². The van der Waals surface area contributed by atoms with E-state index < -0.39 is 0 Å². The molecule has 1 atom stereocenters. The molecule has 0 saturated heterocycles. The van der Waals surface area contributed by atoms with Crippen molar-refractivity contribution >= 4 is 15.9 Å². The summed E-state index contributed by atoms with van der Waals surface area (Å²) >= 11 is 3.48. The molecule has 0 aliphatic rings. The zero-order valence-electron chi connectivity index (χ0n) is 11.2. The Morgan fingerprint density at radius 2 is 1.89 bits per heavy atom. The van der Waals surface area contributed by atoms with Crippen LogP contribution in [0.25, 0.3) is 0 Å². The summed E-state index contributed by atoms with van der Waals surface area (Å²) in [6.45, 7) is 4.69. The van der Waals surface area contributed by atoms with Gasteiger partial charge in [-0.3, -0.25) is 0 Å². The number of nitrogens with two attached hydrogens (primary N) is 1. The molecule has 2 rings (SSSR count). The maximum Gasteiger partial charge on any atom is 0.124 e. The topological polar surface area (TPSA) is 35.2 Å². The number of benzene rings is 2. The first-order chi connectivity index (χ1) is 9.13. The third-order valence-electron chi connectivity index (χ3n) is 3.12. The summed E-state index contributed by atoms with van der Waals surface area (Å²) in [5.74, 6) is 0.861. The van der Waals surface area contributed by atoms with E-state index in [9.17, 15) is 0 Å². The van der Waals surface area contributed by atoms with Crippen molar-refractivity contribution < 1.29 is 4.74 Å². The Balaban J connectivity index is 2.41. The van der Waals surface area contributed by atoms with Crippen LogP contribution < -0.4 is 10.5 Å². The van der Waals surface area contributed by atoms with Crippen LogP contribution in [-0.2, 0) is 0 Å². The van der Waals surface area contributed by atoms with Crippen molar-refractivity contribution in [3.05, 3.63) is 63.6 Å². The fraction of sp³-hybridized carbons (Fsp3) is 0.250. The zero-order valence-corrected chi connectivity index (χ0v) is 12.8. The van der Waals surface area contributed by atoms with Crippen LogP contribution in [0.1, 0.15) is 29.7 Å². The molecule has 0 bridgehead atoms. The van der Waals surface area contributed by atoms with Gasteiger partial charge in [0, 0.05) is 10.0 Å². The number of hydrogen-bond acceptors (Lipinski definition) is 2. The fourth-order valence-electron chi connectivity index (χ4n) is 2.18. The zero-order chi connectivity index (χ0) is 13.8. The number of para-hydroxylation sites is 1. The standard InChI is InChI=1S/C16H18BrNO/c1-3-19-15-7-5-4-6-14(15)16(18)13-9-8-12(17)10-11(13)2/h4-10,16H,3,18H2,1-2H3. The van der Waals surface area contributed by atoms with Crippen LogP contribution in [0, 0.1) is 6.92 Å². The van der Waals surface area contributed by atoms with Gasteiger partial charge < -0.3 is 10.5 Å². The van der Waals surface area contributed by atoms with E-state index in [0.717, 1.165) is 21.3 Å². The third kappa shape index (κ3) is 3.17. The number of rotatable bonds is 4. The Kier molecular flexibility index (Phi) is 4.61. The number of aryl methyl sites for hydroxylation is 1. The third-order valence-corrected chi connectivity index (χ3v) is 3.61. The van der Waals surface area contributed by atoms with E-state index in [-0.39, 0.29) is 6.04 Å². The van der Waals surface area contributed by atoms with Crippen molar-refractivity contribution in [3.63, 3.8) is 0 Å². The molecule has 2 N–H and O–H groups in total. The molecule has 0 aliphatic carbocycles. The van der Waals surface area contributed by atoms with E-state index in [1.807, 2.05) is 37.3 Å². The second-order valence-corrected chi connectivity index (χ2v) is 5.37. The molecule has 0 aromatic heterocycles. The van der Waals surface area contributed by atoms with Crippen LogP contribution in [0.4, 0.5) is 0 Å². The van der Waals surface area contributed by atoms with E-state index in [1.54, 1.807) is 0 Å². The molecule has 0 saturated carbocycles. The van der Waals surface area contributed by atoms with Gasteiger partial charge in [0.25, 0.3) is 0 Å². The second kappa shape index (κ2) is 6.22. The summed E-state index contributed by atoms with van der Waals surface area (Å²) in [5, 5.41) is 0. The summed E-state index contributed by atoms with van der Waals surface area (Å²) < 4.78 is 6.72. The molecule has 1 unspecified atom stereocenters. The van der Waals surface area contributed by atoms with E-state index in [1.165, 1.54) is 5.56 Å². The van der Waals surface area contributed by atoms with Crippen molar-refractivity contribution in [1.29, 1.82) is 0 Å². The maximum absolute atomic E-state index is 6.40. The number of halogens is 1. The minimum absolute atomic E-state index is 0.171. The monoisotopic (exact) mass is 319 g/mol. The van der Waals surface area contributed by atoms with E-state index in [0.29, 0.717) is 6.61 Å². The van der Waals surface area contributed by atoms with Crippen molar-refractivity contribution in [2.45, 2.75) is 19.9 Å². The van der Waals surface area contributed by atoms with Gasteiger partial charge in [-0.15, -0.1) is 0 Å². The highest BCUT2D eigenvalue weighted by atomic mass is 79.9. The molecule has 2 aromatic carbocycles. The summed E-state index contributed by atoms with van der Waals surface area (Å²) in [7, 11) is 0. The summed E-state index contributed by atoms with van der Waals surface area (Å²) in [4.78, 5) is 0. The van der Waals surface area contributed by atoms with Crippen LogP contribution in [0.15, 0.2) is 46.9 Å². The van der Waals surface area contributed by atoms with Crippen molar-refractivity contribution in [2.24, 2.45) is 5.73 Å². The van der Waals surface area contributed by atoms with E-state index in [4.69, 9.17) is 10.5 Å². The maximum atomic E-state index is 6.40. The molecule has 0 radical (unpaired) electrons. The van der Waals surface area contributed by atoms with Gasteiger partial charge in [-0.25, -0.2) is 0 Å². The average Bonchev–Trinajstić information content (AvgIpc) is 2.39. The summed E-state index contributed by atoms with van der Waals surface area (Å²) in [6.07, 6.45) is 0. The number of hydrogen-bond donors (Lipinski definition) is 1. The first-order valence-corrected chi connectivity index (χ1v) is 7.16. The molecule has 2 aromatic rings. The lowest BCUT2D eigenvalue weighted by atomic mass is 9.95. The lowest BCUT2D eigenvalue weighted by molar-refractivity contribution is 0.335. The van der Waals surface area contributed by atoms with Gasteiger partial charge >= 0.3 is 0 Å². The van der Waals surface area contributed by atoms with Gasteiger partial charge in [0.15, 0.2) is 0 Å². The van der Waals surface area contributed by atoms with Crippen LogP contribution in [0.2, 0.25) is 0 Å². The van der Waals surface area contributed by atoms with Crippen LogP contribution in [-0.4, -0.2) is 6.61 Å². The highest BCUT2D eigenvalue weighted by molar-refractivity contribution is 9.10. The first kappa shape index (κ1) is 14.1. The lowest BCUT2D eigenvalue weighted by Crippen LogP contribution is -2.14. The predicted octanol–water partition coefficient (Wildman–Crippen LogP) is 4.20. The molecule has 0 amide bonds. The molecule has 0 heterocycles. The molecule has 0 spiro atoms. The molecule has 3 heteroatoms. The van der Waals surface area contributed by atoms with Gasteiger partial charge in [0.1, 0.15) is 5.75 Å². The lowest BCUT2D eigenvalue weighted by Gasteiger charge is -2.18. The Morgan fingerprint density at radius 3 is 2.58 bits per heavy atom. The Bertz CT molecular complexity index is 568. The van der Waals surface area contributed by atoms with Crippen LogP contribution in [0.3, 0.4) is 0 Å². The highest BCUT2D eigenvalue weighted by Gasteiger charge is 2.15. The Hall–Kier alpha value is -1.32. The predicted molar refractivity (Wildman–Crippen MR) is 82.5 cm³/mol. The SMILES string of the molecule is CCOc1ccccc1C(N)c1ccc(Br)cc1C. The van der Waals surface area contributed by atoms with Crippen molar-refractivity contribution in [3.8, 4) is 5.75 Å². The molecule has 2 nitrogen and oxygen atoms in total. The van der Waals surface area contributed by atoms with Gasteiger partial charge in [-0.05, 0) is 43.2 Å². The van der Waals surface area contributed by atoms with Gasteiger partial charge in [-0.2, -0.15) is 0 Å². The second-order valence-electron chi connectivity index (χ2n) is 4.45. The number of ether oxygens (including phenoxy) is 1. The largest absolute Gasteiger partial charge is 0.494 e. The van der Waals surface area contributed by atoms with Gasteiger partial charge in [0.2, 0.25) is 0 Å². The highest BCUT2D eigenvalue weighted by Crippen LogP contribution is 2.30. The quantitative estimate of drug-likeness (QED) is 0.916. The molecule has 100 valence electrons. The molecular weight excluding hydrogens is 302 g/mol.